The lowest BCUT2D eigenvalue weighted by Crippen LogP contribution is -2.37. The van der Waals surface area contributed by atoms with Gasteiger partial charge in [-0.05, 0) is 43.3 Å². The molecule has 0 aliphatic heterocycles. The van der Waals surface area contributed by atoms with Crippen molar-refractivity contribution in [3.8, 4) is 0 Å². The Balaban J connectivity index is 0.00000210. The van der Waals surface area contributed by atoms with Crippen LogP contribution < -0.4 is 16.4 Å². The monoisotopic (exact) mass is 435 g/mol. The van der Waals surface area contributed by atoms with Crippen LogP contribution >= 0.6 is 24.8 Å². The molecule has 0 aliphatic rings. The van der Waals surface area contributed by atoms with Crippen molar-refractivity contribution >= 4 is 48.0 Å². The van der Waals surface area contributed by atoms with Crippen LogP contribution in [0.4, 0.5) is 11.4 Å². The standard InChI is InChI=1S/C20H21N5O2.2ClH/c1-13-2-4-14(5-3-13)19(26)24-15-6-8-16(9-7-15)25-20(27)18(21)10-17-11-22-12-23-17;;/h2-9,11-12,18H,10,21H2,1H3,(H,22,23)(H,24,26)(H,25,27);2*1H/t18-;;/m0../s1. The summed E-state index contributed by atoms with van der Waals surface area (Å²) in [6, 6.07) is 13.5. The maximum absolute atomic E-state index is 12.2. The predicted molar refractivity (Wildman–Crippen MR) is 119 cm³/mol. The lowest BCUT2D eigenvalue weighted by molar-refractivity contribution is -0.117. The van der Waals surface area contributed by atoms with E-state index in [1.165, 1.54) is 0 Å². The highest BCUT2D eigenvalue weighted by Gasteiger charge is 2.15. The smallest absolute Gasteiger partial charge is 0.255 e. The number of benzene rings is 2. The third kappa shape index (κ3) is 6.90. The number of hydrogen-bond donors (Lipinski definition) is 4. The topological polar surface area (TPSA) is 113 Å². The summed E-state index contributed by atoms with van der Waals surface area (Å²) in [6.45, 7) is 1.97. The van der Waals surface area contributed by atoms with Crippen molar-refractivity contribution in [1.29, 1.82) is 0 Å². The molecule has 9 heteroatoms. The Hall–Kier alpha value is -2.87. The Bertz CT molecular complexity index is 913. The van der Waals surface area contributed by atoms with Crippen LogP contribution in [-0.4, -0.2) is 27.8 Å². The molecule has 0 unspecified atom stereocenters. The third-order valence-electron chi connectivity index (χ3n) is 4.06. The summed E-state index contributed by atoms with van der Waals surface area (Å²) in [4.78, 5) is 31.2. The molecule has 1 aromatic heterocycles. The second kappa shape index (κ2) is 11.2. The molecule has 5 N–H and O–H groups in total. The number of hydrogen-bond acceptors (Lipinski definition) is 4. The number of amides is 2. The van der Waals surface area contributed by atoms with Crippen molar-refractivity contribution in [2.45, 2.75) is 19.4 Å². The minimum Gasteiger partial charge on any atom is -0.348 e. The second-order valence-electron chi connectivity index (χ2n) is 6.27. The molecule has 0 fully saturated rings. The number of carbonyl (C=O) groups is 2. The van der Waals surface area contributed by atoms with E-state index in [0.717, 1.165) is 11.3 Å². The average molecular weight is 436 g/mol. The first kappa shape index (κ1) is 24.2. The molecule has 0 saturated heterocycles. The molecule has 3 rings (SSSR count). The number of anilines is 2. The molecule has 2 aromatic carbocycles. The fourth-order valence-corrected chi connectivity index (χ4v) is 2.51. The minimum absolute atomic E-state index is 0. The number of rotatable bonds is 6. The van der Waals surface area contributed by atoms with Crippen LogP contribution in [0.5, 0.6) is 0 Å². The summed E-state index contributed by atoms with van der Waals surface area (Å²) in [7, 11) is 0. The van der Waals surface area contributed by atoms with Gasteiger partial charge in [0.2, 0.25) is 5.91 Å². The van der Waals surface area contributed by atoms with E-state index in [2.05, 4.69) is 20.6 Å². The maximum Gasteiger partial charge on any atom is 0.255 e. The molecular formula is C20H23Cl2N5O2. The molecular weight excluding hydrogens is 413 g/mol. The van der Waals surface area contributed by atoms with Crippen molar-refractivity contribution < 1.29 is 9.59 Å². The molecule has 0 saturated carbocycles. The molecule has 7 nitrogen and oxygen atoms in total. The molecule has 3 aromatic rings. The number of nitrogens with two attached hydrogens (primary N) is 1. The first-order chi connectivity index (χ1) is 13.0. The maximum atomic E-state index is 12.2. The summed E-state index contributed by atoms with van der Waals surface area (Å²) < 4.78 is 0. The fraction of sp³-hybridized carbons (Fsp3) is 0.150. The van der Waals surface area contributed by atoms with Gasteiger partial charge in [0, 0.05) is 35.2 Å². The Labute approximate surface area is 181 Å². The molecule has 2 amide bonds. The molecule has 29 heavy (non-hydrogen) atoms. The van der Waals surface area contributed by atoms with Crippen LogP contribution in [0.15, 0.2) is 61.1 Å². The lowest BCUT2D eigenvalue weighted by Gasteiger charge is -2.12. The largest absolute Gasteiger partial charge is 0.348 e. The Morgan fingerprint density at radius 3 is 2.14 bits per heavy atom. The highest BCUT2D eigenvalue weighted by Crippen LogP contribution is 2.15. The van der Waals surface area contributed by atoms with Gasteiger partial charge >= 0.3 is 0 Å². The summed E-state index contributed by atoms with van der Waals surface area (Å²) in [5.74, 6) is -0.477. The predicted octanol–water partition coefficient (Wildman–Crippen LogP) is 3.32. The van der Waals surface area contributed by atoms with Gasteiger partial charge in [-0.25, -0.2) is 4.98 Å². The van der Waals surface area contributed by atoms with Crippen molar-refractivity contribution in [3.63, 3.8) is 0 Å². The van der Waals surface area contributed by atoms with Gasteiger partial charge in [-0.1, -0.05) is 17.7 Å². The second-order valence-corrected chi connectivity index (χ2v) is 6.27. The van der Waals surface area contributed by atoms with Crippen molar-refractivity contribution in [3.05, 3.63) is 77.9 Å². The molecule has 1 atom stereocenters. The fourth-order valence-electron chi connectivity index (χ4n) is 2.51. The summed E-state index contributed by atoms with van der Waals surface area (Å²) in [6.07, 6.45) is 3.55. The van der Waals surface area contributed by atoms with E-state index < -0.39 is 6.04 Å². The van der Waals surface area contributed by atoms with Crippen LogP contribution in [0.2, 0.25) is 0 Å². The molecule has 154 valence electrons. The first-order valence-corrected chi connectivity index (χ1v) is 8.53. The van der Waals surface area contributed by atoms with Gasteiger partial charge in [-0.3, -0.25) is 9.59 Å². The number of aromatic nitrogens is 2. The zero-order valence-electron chi connectivity index (χ0n) is 15.7. The van der Waals surface area contributed by atoms with Gasteiger partial charge in [-0.15, -0.1) is 24.8 Å². The number of aryl methyl sites for hydroxylation is 1. The Morgan fingerprint density at radius 2 is 1.59 bits per heavy atom. The molecule has 0 radical (unpaired) electrons. The van der Waals surface area contributed by atoms with Crippen molar-refractivity contribution in [1.82, 2.24) is 9.97 Å². The van der Waals surface area contributed by atoms with Gasteiger partial charge in [0.25, 0.3) is 5.91 Å². The minimum atomic E-state index is -0.689. The van der Waals surface area contributed by atoms with Gasteiger partial charge < -0.3 is 21.4 Å². The van der Waals surface area contributed by atoms with Crippen LogP contribution in [0, 0.1) is 6.92 Å². The van der Waals surface area contributed by atoms with Crippen molar-refractivity contribution in [2.24, 2.45) is 5.73 Å². The zero-order valence-corrected chi connectivity index (χ0v) is 17.3. The highest BCUT2D eigenvalue weighted by molar-refractivity contribution is 6.04. The number of carbonyl (C=O) groups excluding carboxylic acids is 2. The van der Waals surface area contributed by atoms with Crippen LogP contribution in [-0.2, 0) is 11.2 Å². The number of aromatic amines is 1. The van der Waals surface area contributed by atoms with Crippen LogP contribution in [0.25, 0.3) is 0 Å². The summed E-state index contributed by atoms with van der Waals surface area (Å²) in [5.41, 5.74) is 9.63. The number of nitrogens with one attached hydrogen (secondary N) is 3. The molecule has 0 spiro atoms. The van der Waals surface area contributed by atoms with E-state index in [0.29, 0.717) is 23.4 Å². The van der Waals surface area contributed by atoms with Gasteiger partial charge in [0.15, 0.2) is 0 Å². The first-order valence-electron chi connectivity index (χ1n) is 8.53. The Kier molecular flexibility index (Phi) is 9.34. The van der Waals surface area contributed by atoms with E-state index in [1.54, 1.807) is 48.9 Å². The highest BCUT2D eigenvalue weighted by atomic mass is 35.5. The van der Waals surface area contributed by atoms with Gasteiger partial charge in [0.05, 0.1) is 12.4 Å². The van der Waals surface area contributed by atoms with E-state index in [4.69, 9.17) is 5.73 Å². The molecule has 0 aliphatic carbocycles. The molecule has 0 bridgehead atoms. The summed E-state index contributed by atoms with van der Waals surface area (Å²) >= 11 is 0. The van der Waals surface area contributed by atoms with E-state index in [-0.39, 0.29) is 36.6 Å². The third-order valence-corrected chi connectivity index (χ3v) is 4.06. The number of H-pyrrole nitrogens is 1. The normalized spacial score (nSPS) is 10.8. The average Bonchev–Trinajstić information content (AvgIpc) is 3.16. The number of halogens is 2. The van der Waals surface area contributed by atoms with Gasteiger partial charge in [-0.2, -0.15) is 0 Å². The zero-order chi connectivity index (χ0) is 19.2. The van der Waals surface area contributed by atoms with Crippen LogP contribution in [0.1, 0.15) is 21.6 Å². The van der Waals surface area contributed by atoms with E-state index in [1.807, 2.05) is 19.1 Å². The number of imidazole rings is 1. The SMILES string of the molecule is Cc1ccc(C(=O)Nc2ccc(NC(=O)[C@@H](N)Cc3cnc[nH]3)cc2)cc1.Cl.Cl. The quantitative estimate of drug-likeness (QED) is 0.475. The van der Waals surface area contributed by atoms with E-state index >= 15 is 0 Å². The lowest BCUT2D eigenvalue weighted by atomic mass is 10.1. The number of nitrogens with zero attached hydrogens (tertiary/aromatic N) is 1. The Morgan fingerprint density at radius 1 is 1.00 bits per heavy atom. The van der Waals surface area contributed by atoms with Gasteiger partial charge in [0.1, 0.15) is 0 Å². The van der Waals surface area contributed by atoms with E-state index in [9.17, 15) is 9.59 Å². The summed E-state index contributed by atoms with van der Waals surface area (Å²) in [5, 5.41) is 5.58. The van der Waals surface area contributed by atoms with Crippen molar-refractivity contribution in [2.75, 3.05) is 10.6 Å². The van der Waals surface area contributed by atoms with Crippen LogP contribution in [0.3, 0.4) is 0 Å². The molecule has 1 heterocycles.